The first-order chi connectivity index (χ1) is 19.8. The average molecular weight is 566 g/mol. The van der Waals surface area contributed by atoms with Crippen LogP contribution in [0.1, 0.15) is 22.3 Å². The van der Waals surface area contributed by atoms with Gasteiger partial charge < -0.3 is 9.47 Å². The maximum atomic E-state index is 13.7. The van der Waals surface area contributed by atoms with Crippen molar-refractivity contribution in [1.29, 1.82) is 0 Å². The summed E-state index contributed by atoms with van der Waals surface area (Å²) >= 11 is 1.16. The summed E-state index contributed by atoms with van der Waals surface area (Å²) in [7, 11) is 1.47. The van der Waals surface area contributed by atoms with Gasteiger partial charge in [0.2, 0.25) is 0 Å². The van der Waals surface area contributed by atoms with Gasteiger partial charge in [0.15, 0.2) is 16.7 Å². The molecule has 0 spiro atoms. The van der Waals surface area contributed by atoms with Gasteiger partial charge in [-0.15, -0.1) is 0 Å². The van der Waals surface area contributed by atoms with Crippen molar-refractivity contribution < 1.29 is 19.2 Å². The second-order valence-corrected chi connectivity index (χ2v) is 10.4. The van der Waals surface area contributed by atoms with Crippen molar-refractivity contribution in [3.8, 4) is 11.5 Å². The second kappa shape index (κ2) is 12.1. The number of carbonyl (C=O) groups is 1. The first-order valence-corrected chi connectivity index (χ1v) is 13.6. The molecule has 0 atom stereocenters. The molecular formula is C32H27N3O5S. The van der Waals surface area contributed by atoms with Gasteiger partial charge in [0.05, 0.1) is 39.9 Å². The van der Waals surface area contributed by atoms with Crippen LogP contribution < -0.4 is 14.4 Å². The van der Waals surface area contributed by atoms with Gasteiger partial charge in [0, 0.05) is 0 Å². The van der Waals surface area contributed by atoms with Crippen LogP contribution in [0.2, 0.25) is 0 Å². The van der Waals surface area contributed by atoms with Crippen molar-refractivity contribution in [2.45, 2.75) is 20.5 Å². The molecule has 1 amide bonds. The minimum atomic E-state index is -0.496. The highest BCUT2D eigenvalue weighted by Gasteiger charge is 2.35. The highest BCUT2D eigenvalue weighted by molar-refractivity contribution is 8.19. The summed E-state index contributed by atoms with van der Waals surface area (Å²) in [5.41, 5.74) is 4.41. The number of aliphatic imine (C=N–C) groups is 1. The SMILES string of the molecule is COc1cc(/C=C2/SC(=Nc3ccc(C)cc3)N(c3ccc(C)cc3)C2=O)c([N+](=O)[O-])cc1OCc1ccccc1. The van der Waals surface area contributed by atoms with Crippen LogP contribution in [0.3, 0.4) is 0 Å². The number of amides is 1. The third-order valence-corrected chi connectivity index (χ3v) is 7.36. The fraction of sp³-hybridized carbons (Fsp3) is 0.125. The Morgan fingerprint density at radius 2 is 1.59 bits per heavy atom. The highest BCUT2D eigenvalue weighted by Crippen LogP contribution is 2.41. The zero-order valence-corrected chi connectivity index (χ0v) is 23.6. The van der Waals surface area contributed by atoms with E-state index in [9.17, 15) is 14.9 Å². The Labute approximate surface area is 242 Å². The molecular weight excluding hydrogens is 538 g/mol. The molecule has 4 aromatic carbocycles. The molecule has 9 heteroatoms. The first-order valence-electron chi connectivity index (χ1n) is 12.8. The van der Waals surface area contributed by atoms with Crippen molar-refractivity contribution in [2.75, 3.05) is 12.0 Å². The maximum Gasteiger partial charge on any atom is 0.280 e. The lowest BCUT2D eigenvalue weighted by Gasteiger charge is -2.16. The molecule has 0 N–H and O–H groups in total. The number of nitro groups is 1. The molecule has 0 radical (unpaired) electrons. The number of hydrogen-bond donors (Lipinski definition) is 0. The van der Waals surface area contributed by atoms with E-state index in [1.807, 2.05) is 92.7 Å². The van der Waals surface area contributed by atoms with E-state index in [1.165, 1.54) is 30.2 Å². The van der Waals surface area contributed by atoms with E-state index in [2.05, 4.69) is 0 Å². The Bertz CT molecular complexity index is 1650. The zero-order chi connectivity index (χ0) is 28.9. The number of aryl methyl sites for hydroxylation is 2. The molecule has 1 aliphatic rings. The molecule has 206 valence electrons. The predicted octanol–water partition coefficient (Wildman–Crippen LogP) is 7.61. The molecule has 8 nitrogen and oxygen atoms in total. The van der Waals surface area contributed by atoms with Crippen molar-refractivity contribution in [2.24, 2.45) is 4.99 Å². The Hall–Kier alpha value is -4.89. The fourth-order valence-corrected chi connectivity index (χ4v) is 5.18. The molecule has 0 aromatic heterocycles. The molecule has 4 aromatic rings. The van der Waals surface area contributed by atoms with Crippen LogP contribution in [-0.2, 0) is 11.4 Å². The number of methoxy groups -OCH3 is 1. The minimum Gasteiger partial charge on any atom is -0.493 e. The van der Waals surface area contributed by atoms with Crippen LogP contribution in [0.5, 0.6) is 11.5 Å². The summed E-state index contributed by atoms with van der Waals surface area (Å²) in [5.74, 6) is 0.221. The number of amidine groups is 1. The van der Waals surface area contributed by atoms with Gasteiger partial charge in [0.25, 0.3) is 11.6 Å². The third kappa shape index (κ3) is 6.31. The average Bonchev–Trinajstić information content (AvgIpc) is 3.27. The number of hydrogen-bond acceptors (Lipinski definition) is 7. The van der Waals surface area contributed by atoms with Crippen molar-refractivity contribution in [1.82, 2.24) is 0 Å². The van der Waals surface area contributed by atoms with Crippen molar-refractivity contribution in [3.63, 3.8) is 0 Å². The van der Waals surface area contributed by atoms with Crippen LogP contribution in [0.4, 0.5) is 17.1 Å². The van der Waals surface area contributed by atoms with E-state index in [1.54, 1.807) is 0 Å². The Balaban J connectivity index is 1.54. The smallest absolute Gasteiger partial charge is 0.280 e. The Kier molecular flexibility index (Phi) is 8.16. The quantitative estimate of drug-likeness (QED) is 0.124. The van der Waals surface area contributed by atoms with Crippen LogP contribution >= 0.6 is 11.8 Å². The van der Waals surface area contributed by atoms with E-state index in [0.717, 1.165) is 28.5 Å². The lowest BCUT2D eigenvalue weighted by Crippen LogP contribution is -2.28. The minimum absolute atomic E-state index is 0.208. The topological polar surface area (TPSA) is 94.3 Å². The molecule has 1 aliphatic heterocycles. The number of rotatable bonds is 8. The van der Waals surface area contributed by atoms with E-state index in [4.69, 9.17) is 14.5 Å². The number of nitro benzene ring substituents is 1. The van der Waals surface area contributed by atoms with E-state index in [0.29, 0.717) is 27.2 Å². The summed E-state index contributed by atoms with van der Waals surface area (Å²) in [6.07, 6.45) is 1.51. The number of ether oxygens (including phenoxy) is 2. The lowest BCUT2D eigenvalue weighted by atomic mass is 10.1. The van der Waals surface area contributed by atoms with Gasteiger partial charge in [-0.2, -0.15) is 0 Å². The molecule has 0 bridgehead atoms. The standard InChI is InChI=1S/C32H27N3O5S/c1-21-9-13-25(14-10-21)33-32-34(26-15-11-22(2)12-16-26)31(36)30(41-32)18-24-17-28(39-3)29(19-27(24)35(37)38)40-20-23-7-5-4-6-8-23/h4-19H,20H2,1-3H3/b30-18+,33-32?. The van der Waals surface area contributed by atoms with Crippen molar-refractivity contribution in [3.05, 3.63) is 128 Å². The van der Waals surface area contributed by atoms with E-state index < -0.39 is 4.92 Å². The number of carbonyl (C=O) groups excluding carboxylic acids is 1. The normalized spacial score (nSPS) is 15.0. The summed E-state index contributed by atoms with van der Waals surface area (Å²) in [6.45, 7) is 4.17. The van der Waals surface area contributed by atoms with Crippen LogP contribution in [0, 0.1) is 24.0 Å². The lowest BCUT2D eigenvalue weighted by molar-refractivity contribution is -0.385. The monoisotopic (exact) mass is 565 g/mol. The summed E-state index contributed by atoms with van der Waals surface area (Å²) in [5, 5.41) is 12.6. The molecule has 1 saturated heterocycles. The van der Waals surface area contributed by atoms with Gasteiger partial charge in [-0.05, 0) is 67.6 Å². The third-order valence-electron chi connectivity index (χ3n) is 6.39. The van der Waals surface area contributed by atoms with Crippen molar-refractivity contribution >= 4 is 46.0 Å². The summed E-state index contributed by atoms with van der Waals surface area (Å²) in [4.78, 5) is 31.9. The number of nitrogens with zero attached hydrogens (tertiary/aromatic N) is 3. The maximum absolute atomic E-state index is 13.7. The predicted molar refractivity (Wildman–Crippen MR) is 163 cm³/mol. The molecule has 0 aliphatic carbocycles. The Morgan fingerprint density at radius 1 is 0.927 bits per heavy atom. The van der Waals surface area contributed by atoms with Gasteiger partial charge in [-0.1, -0.05) is 65.7 Å². The molecule has 0 unspecified atom stereocenters. The van der Waals surface area contributed by atoms with Gasteiger partial charge >= 0.3 is 0 Å². The molecule has 0 saturated carbocycles. The highest BCUT2D eigenvalue weighted by atomic mass is 32.2. The van der Waals surface area contributed by atoms with Crippen LogP contribution in [0.25, 0.3) is 6.08 Å². The molecule has 41 heavy (non-hydrogen) atoms. The number of anilines is 1. The van der Waals surface area contributed by atoms with Gasteiger partial charge in [0.1, 0.15) is 6.61 Å². The van der Waals surface area contributed by atoms with Crippen LogP contribution in [-0.4, -0.2) is 23.1 Å². The summed E-state index contributed by atoms with van der Waals surface area (Å²) < 4.78 is 11.4. The zero-order valence-electron chi connectivity index (χ0n) is 22.7. The van der Waals surface area contributed by atoms with E-state index in [-0.39, 0.29) is 29.5 Å². The number of benzene rings is 4. The van der Waals surface area contributed by atoms with Gasteiger partial charge in [-0.25, -0.2) is 4.99 Å². The largest absolute Gasteiger partial charge is 0.493 e. The Morgan fingerprint density at radius 3 is 2.22 bits per heavy atom. The van der Waals surface area contributed by atoms with Crippen LogP contribution in [0.15, 0.2) is 101 Å². The molecule has 1 fully saturated rings. The van der Waals surface area contributed by atoms with E-state index >= 15 is 0 Å². The second-order valence-electron chi connectivity index (χ2n) is 9.41. The van der Waals surface area contributed by atoms with Gasteiger partial charge in [-0.3, -0.25) is 19.8 Å². The fourth-order valence-electron chi connectivity index (χ4n) is 4.19. The number of thioether (sulfide) groups is 1. The first kappa shape index (κ1) is 27.7. The molecule has 1 heterocycles. The summed E-state index contributed by atoms with van der Waals surface area (Å²) in [6, 6.07) is 27.5. The molecule has 5 rings (SSSR count).